The fourth-order valence-corrected chi connectivity index (χ4v) is 4.01. The number of hydrogen-bond acceptors (Lipinski definition) is 4. The van der Waals surface area contributed by atoms with E-state index < -0.39 is 0 Å². The molecule has 1 amide bonds. The highest BCUT2D eigenvalue weighted by molar-refractivity contribution is 7.13. The van der Waals surface area contributed by atoms with E-state index in [1.54, 1.807) is 18.3 Å². The summed E-state index contributed by atoms with van der Waals surface area (Å²) in [6, 6.07) is 21.4. The zero-order chi connectivity index (χ0) is 20.5. The Balaban J connectivity index is 1.66. The minimum absolute atomic E-state index is 0.297. The van der Waals surface area contributed by atoms with Crippen LogP contribution in [0.5, 0.6) is 0 Å². The Labute approximate surface area is 181 Å². The van der Waals surface area contributed by atoms with Gasteiger partial charge >= 0.3 is 0 Å². The Morgan fingerprint density at radius 3 is 2.60 bits per heavy atom. The molecule has 0 aliphatic heterocycles. The van der Waals surface area contributed by atoms with Crippen LogP contribution in [0.2, 0.25) is 5.02 Å². The molecule has 2 N–H and O–H groups in total. The number of aromatic nitrogens is 3. The van der Waals surface area contributed by atoms with Crippen molar-refractivity contribution in [1.82, 2.24) is 15.0 Å². The molecule has 5 rings (SSSR count). The molecule has 0 unspecified atom stereocenters. The summed E-state index contributed by atoms with van der Waals surface area (Å²) in [6.07, 6.45) is 1.65. The largest absolute Gasteiger partial charge is 0.333 e. The first kappa shape index (κ1) is 18.5. The van der Waals surface area contributed by atoms with Crippen molar-refractivity contribution in [3.63, 3.8) is 0 Å². The van der Waals surface area contributed by atoms with Crippen molar-refractivity contribution in [3.05, 3.63) is 89.0 Å². The molecule has 0 aliphatic carbocycles. The Kier molecular flexibility index (Phi) is 4.78. The van der Waals surface area contributed by atoms with Crippen LogP contribution in [0.4, 0.5) is 5.13 Å². The first-order valence-corrected chi connectivity index (χ1v) is 10.5. The van der Waals surface area contributed by atoms with Gasteiger partial charge in [0.05, 0.1) is 0 Å². The average molecular weight is 431 g/mol. The predicted molar refractivity (Wildman–Crippen MR) is 122 cm³/mol. The molecule has 0 aliphatic rings. The molecule has 146 valence electrons. The van der Waals surface area contributed by atoms with Gasteiger partial charge in [-0.1, -0.05) is 66.2 Å². The highest BCUT2D eigenvalue weighted by Crippen LogP contribution is 2.31. The molecule has 0 bridgehead atoms. The zero-order valence-electron chi connectivity index (χ0n) is 15.6. The van der Waals surface area contributed by atoms with Crippen LogP contribution < -0.4 is 5.32 Å². The number of benzene rings is 3. The molecule has 2 aromatic heterocycles. The fraction of sp³-hybridized carbons (Fsp3) is 0. The van der Waals surface area contributed by atoms with Crippen molar-refractivity contribution < 1.29 is 4.79 Å². The van der Waals surface area contributed by atoms with Gasteiger partial charge in [-0.05, 0) is 22.9 Å². The molecule has 5 nitrogen and oxygen atoms in total. The third-order valence-electron chi connectivity index (χ3n) is 4.75. The summed E-state index contributed by atoms with van der Waals surface area (Å²) in [4.78, 5) is 25.2. The second-order valence-electron chi connectivity index (χ2n) is 6.63. The lowest BCUT2D eigenvalue weighted by atomic mass is 10.0. The van der Waals surface area contributed by atoms with Gasteiger partial charge in [-0.25, -0.2) is 9.97 Å². The van der Waals surface area contributed by atoms with Crippen LogP contribution in [-0.2, 0) is 0 Å². The predicted octanol–water partition coefficient (Wildman–Crippen LogP) is 6.26. The molecule has 0 saturated heterocycles. The van der Waals surface area contributed by atoms with Crippen molar-refractivity contribution in [2.75, 3.05) is 5.32 Å². The van der Waals surface area contributed by atoms with Gasteiger partial charge in [0.2, 0.25) is 0 Å². The number of aromatic amines is 1. The van der Waals surface area contributed by atoms with Crippen molar-refractivity contribution in [3.8, 4) is 22.6 Å². The number of nitrogens with one attached hydrogen (secondary N) is 2. The Morgan fingerprint density at radius 2 is 1.80 bits per heavy atom. The molecule has 3 aromatic carbocycles. The molecular weight excluding hydrogens is 416 g/mol. The summed E-state index contributed by atoms with van der Waals surface area (Å²) in [7, 11) is 0. The van der Waals surface area contributed by atoms with E-state index in [9.17, 15) is 4.79 Å². The van der Waals surface area contributed by atoms with E-state index in [-0.39, 0.29) is 5.91 Å². The summed E-state index contributed by atoms with van der Waals surface area (Å²) >= 11 is 7.41. The lowest BCUT2D eigenvalue weighted by Crippen LogP contribution is -2.13. The Morgan fingerprint density at radius 1 is 1.00 bits per heavy atom. The van der Waals surface area contributed by atoms with Crippen LogP contribution in [0.1, 0.15) is 10.5 Å². The van der Waals surface area contributed by atoms with Crippen LogP contribution in [0, 0.1) is 0 Å². The monoisotopic (exact) mass is 430 g/mol. The second-order valence-corrected chi connectivity index (χ2v) is 7.97. The van der Waals surface area contributed by atoms with Gasteiger partial charge in [-0.3, -0.25) is 10.1 Å². The maximum atomic E-state index is 13.0. The minimum atomic E-state index is -0.297. The number of H-pyrrole nitrogens is 1. The third kappa shape index (κ3) is 3.47. The third-order valence-corrected chi connectivity index (χ3v) is 5.69. The molecule has 30 heavy (non-hydrogen) atoms. The molecule has 5 aromatic rings. The van der Waals surface area contributed by atoms with E-state index in [4.69, 9.17) is 16.6 Å². The smallest absolute Gasteiger partial charge is 0.276 e. The summed E-state index contributed by atoms with van der Waals surface area (Å²) in [5, 5.41) is 7.96. The highest BCUT2D eigenvalue weighted by Gasteiger charge is 2.21. The summed E-state index contributed by atoms with van der Waals surface area (Å²) in [5.41, 5.74) is 2.65. The molecule has 0 atom stereocenters. The fourth-order valence-electron chi connectivity index (χ4n) is 3.36. The minimum Gasteiger partial charge on any atom is -0.333 e. The normalized spacial score (nSPS) is 11.0. The zero-order valence-corrected chi connectivity index (χ0v) is 17.2. The maximum absolute atomic E-state index is 13.0. The number of fused-ring (bicyclic) bond motifs is 1. The standard InChI is InChI=1S/C23H15ClN4OS/c24-16-10-8-15(9-11-16)19-20(22(29)28-23-25-12-13-30-23)27-21(26-19)18-7-3-5-14-4-1-2-6-17(14)18/h1-13H,(H,26,27)(H,25,28,29). The van der Waals surface area contributed by atoms with E-state index in [0.717, 1.165) is 21.9 Å². The number of rotatable bonds is 4. The summed E-state index contributed by atoms with van der Waals surface area (Å²) in [6.45, 7) is 0. The number of thiazole rings is 1. The lowest BCUT2D eigenvalue weighted by molar-refractivity contribution is 0.102. The second kappa shape index (κ2) is 7.74. The lowest BCUT2D eigenvalue weighted by Gasteiger charge is -2.03. The Bertz CT molecular complexity index is 1340. The van der Waals surface area contributed by atoms with Gasteiger partial charge in [0.25, 0.3) is 5.91 Å². The molecule has 7 heteroatoms. The first-order chi connectivity index (χ1) is 14.7. The molecule has 0 saturated carbocycles. The van der Waals surface area contributed by atoms with Crippen LogP contribution in [0.15, 0.2) is 78.3 Å². The van der Waals surface area contributed by atoms with Crippen LogP contribution in [-0.4, -0.2) is 20.9 Å². The SMILES string of the molecule is O=C(Nc1nccs1)c1[nH]c(-c2cccc3ccccc23)nc1-c1ccc(Cl)cc1. The van der Waals surface area contributed by atoms with E-state index in [1.165, 1.54) is 11.3 Å². The highest BCUT2D eigenvalue weighted by atomic mass is 35.5. The number of carbonyl (C=O) groups excluding carboxylic acids is 1. The first-order valence-electron chi connectivity index (χ1n) is 9.24. The van der Waals surface area contributed by atoms with Crippen LogP contribution >= 0.6 is 22.9 Å². The summed E-state index contributed by atoms with van der Waals surface area (Å²) in [5.74, 6) is 0.329. The molecule has 0 spiro atoms. The van der Waals surface area contributed by atoms with E-state index in [1.807, 2.05) is 47.8 Å². The van der Waals surface area contributed by atoms with Gasteiger partial charge < -0.3 is 4.98 Å². The van der Waals surface area contributed by atoms with Crippen molar-refractivity contribution in [2.45, 2.75) is 0 Å². The number of nitrogens with zero attached hydrogens (tertiary/aromatic N) is 2. The number of imidazole rings is 1. The molecule has 0 radical (unpaired) electrons. The van der Waals surface area contributed by atoms with Gasteiger partial charge in [0.1, 0.15) is 17.2 Å². The van der Waals surface area contributed by atoms with E-state index >= 15 is 0 Å². The quantitative estimate of drug-likeness (QED) is 0.353. The van der Waals surface area contributed by atoms with Crippen molar-refractivity contribution in [2.24, 2.45) is 0 Å². The number of halogens is 1. The Hall–Kier alpha value is -3.48. The molecular formula is C23H15ClN4OS. The maximum Gasteiger partial charge on any atom is 0.276 e. The van der Waals surface area contributed by atoms with Crippen molar-refractivity contribution in [1.29, 1.82) is 0 Å². The van der Waals surface area contributed by atoms with Gasteiger partial charge in [0.15, 0.2) is 5.13 Å². The van der Waals surface area contributed by atoms with Gasteiger partial charge in [-0.2, -0.15) is 0 Å². The number of hydrogen-bond donors (Lipinski definition) is 2. The van der Waals surface area contributed by atoms with Crippen LogP contribution in [0.3, 0.4) is 0 Å². The topological polar surface area (TPSA) is 70.7 Å². The van der Waals surface area contributed by atoms with Gasteiger partial charge in [0, 0.05) is 27.7 Å². The van der Waals surface area contributed by atoms with Crippen LogP contribution in [0.25, 0.3) is 33.4 Å². The average Bonchev–Trinajstić information content (AvgIpc) is 3.44. The number of anilines is 1. The van der Waals surface area contributed by atoms with E-state index in [0.29, 0.717) is 27.4 Å². The van der Waals surface area contributed by atoms with Crippen molar-refractivity contribution >= 4 is 44.7 Å². The summed E-state index contributed by atoms with van der Waals surface area (Å²) < 4.78 is 0. The molecule has 2 heterocycles. The molecule has 0 fully saturated rings. The van der Waals surface area contributed by atoms with E-state index in [2.05, 4.69) is 27.4 Å². The number of carbonyl (C=O) groups is 1. The van der Waals surface area contributed by atoms with Gasteiger partial charge in [-0.15, -0.1) is 11.3 Å². The number of amides is 1.